The van der Waals surface area contributed by atoms with Gasteiger partial charge in [0.1, 0.15) is 11.5 Å². The van der Waals surface area contributed by atoms with Gasteiger partial charge in [-0.15, -0.1) is 0 Å². The fraction of sp³-hybridized carbons (Fsp3) is 0.0667. The third-order valence-corrected chi connectivity index (χ3v) is 2.91. The number of nitrogens with zero attached hydrogens (tertiary/aromatic N) is 2. The maximum atomic E-state index is 12.2. The van der Waals surface area contributed by atoms with Crippen molar-refractivity contribution in [3.05, 3.63) is 72.7 Å². The molecule has 5 heteroatoms. The minimum atomic E-state index is -0.192. The molecule has 1 amide bonds. The average molecular weight is 267 g/mol. The smallest absolute Gasteiger partial charge is 0.270 e. The van der Waals surface area contributed by atoms with E-state index < -0.39 is 0 Å². The highest BCUT2D eigenvalue weighted by Gasteiger charge is 2.12. The van der Waals surface area contributed by atoms with Gasteiger partial charge in [0.05, 0.1) is 25.3 Å². The van der Waals surface area contributed by atoms with Crippen LogP contribution in [0.15, 0.2) is 65.7 Å². The zero-order valence-corrected chi connectivity index (χ0v) is 10.7. The van der Waals surface area contributed by atoms with Crippen molar-refractivity contribution in [3.8, 4) is 5.69 Å². The molecule has 0 atom stereocenters. The highest BCUT2D eigenvalue weighted by molar-refractivity contribution is 5.92. The maximum absolute atomic E-state index is 12.2. The zero-order chi connectivity index (χ0) is 13.8. The van der Waals surface area contributed by atoms with Gasteiger partial charge in [-0.25, -0.2) is 4.98 Å². The number of rotatable bonds is 4. The van der Waals surface area contributed by atoms with Crippen LogP contribution in [-0.4, -0.2) is 15.5 Å². The summed E-state index contributed by atoms with van der Waals surface area (Å²) in [5, 5.41) is 2.80. The normalized spacial score (nSPS) is 10.4. The molecule has 0 aliphatic rings. The molecule has 2 aromatic heterocycles. The Morgan fingerprint density at radius 2 is 2.05 bits per heavy atom. The van der Waals surface area contributed by atoms with E-state index >= 15 is 0 Å². The SMILES string of the molecule is O=C(NCc1ccco1)c1cncn1-c1ccccc1. The van der Waals surface area contributed by atoms with Crippen LogP contribution in [0.5, 0.6) is 0 Å². The summed E-state index contributed by atoms with van der Waals surface area (Å²) in [6.45, 7) is 0.353. The summed E-state index contributed by atoms with van der Waals surface area (Å²) in [6.07, 6.45) is 4.75. The van der Waals surface area contributed by atoms with Gasteiger partial charge in [0, 0.05) is 5.69 Å². The Balaban J connectivity index is 1.77. The second-order valence-corrected chi connectivity index (χ2v) is 4.25. The van der Waals surface area contributed by atoms with Gasteiger partial charge in [-0.05, 0) is 24.3 Å². The zero-order valence-electron chi connectivity index (χ0n) is 10.7. The number of amides is 1. The second-order valence-electron chi connectivity index (χ2n) is 4.25. The largest absolute Gasteiger partial charge is 0.467 e. The Morgan fingerprint density at radius 1 is 1.20 bits per heavy atom. The van der Waals surface area contributed by atoms with Crippen molar-refractivity contribution < 1.29 is 9.21 Å². The Kier molecular flexibility index (Phi) is 3.33. The lowest BCUT2D eigenvalue weighted by atomic mass is 10.3. The van der Waals surface area contributed by atoms with E-state index in [1.165, 1.54) is 0 Å². The third-order valence-electron chi connectivity index (χ3n) is 2.91. The first kappa shape index (κ1) is 12.2. The van der Waals surface area contributed by atoms with Crippen molar-refractivity contribution in [2.24, 2.45) is 0 Å². The molecule has 2 heterocycles. The second kappa shape index (κ2) is 5.44. The molecule has 0 spiro atoms. The number of imidazole rings is 1. The van der Waals surface area contributed by atoms with E-state index in [1.54, 1.807) is 29.4 Å². The maximum Gasteiger partial charge on any atom is 0.270 e. The molecule has 3 rings (SSSR count). The van der Waals surface area contributed by atoms with Crippen molar-refractivity contribution in [3.63, 3.8) is 0 Å². The quantitative estimate of drug-likeness (QED) is 0.789. The topological polar surface area (TPSA) is 60.1 Å². The van der Waals surface area contributed by atoms with Crippen molar-refractivity contribution in [2.45, 2.75) is 6.54 Å². The molecular weight excluding hydrogens is 254 g/mol. The molecule has 20 heavy (non-hydrogen) atoms. The molecule has 0 radical (unpaired) electrons. The van der Waals surface area contributed by atoms with Crippen molar-refractivity contribution in [1.82, 2.24) is 14.9 Å². The highest BCUT2D eigenvalue weighted by atomic mass is 16.3. The molecule has 0 aliphatic carbocycles. The molecule has 3 aromatic rings. The number of carbonyl (C=O) groups is 1. The minimum absolute atomic E-state index is 0.192. The van der Waals surface area contributed by atoms with Crippen LogP contribution in [0.4, 0.5) is 0 Å². The van der Waals surface area contributed by atoms with E-state index in [0.29, 0.717) is 18.0 Å². The molecule has 5 nitrogen and oxygen atoms in total. The third kappa shape index (κ3) is 2.47. The average Bonchev–Trinajstić information content (AvgIpc) is 3.17. The fourth-order valence-electron chi connectivity index (χ4n) is 1.93. The van der Waals surface area contributed by atoms with Crippen LogP contribution in [0, 0.1) is 0 Å². The summed E-state index contributed by atoms with van der Waals surface area (Å²) < 4.78 is 6.93. The van der Waals surface area contributed by atoms with Gasteiger partial charge >= 0.3 is 0 Å². The van der Waals surface area contributed by atoms with Crippen molar-refractivity contribution in [2.75, 3.05) is 0 Å². The lowest BCUT2D eigenvalue weighted by Crippen LogP contribution is -2.24. The minimum Gasteiger partial charge on any atom is -0.467 e. The van der Waals surface area contributed by atoms with Gasteiger partial charge in [-0.3, -0.25) is 9.36 Å². The van der Waals surface area contributed by atoms with Crippen LogP contribution < -0.4 is 5.32 Å². The summed E-state index contributed by atoms with van der Waals surface area (Å²) in [6, 6.07) is 13.2. The van der Waals surface area contributed by atoms with Gasteiger partial charge in [0.2, 0.25) is 0 Å². The van der Waals surface area contributed by atoms with E-state index in [0.717, 1.165) is 5.69 Å². The Bertz CT molecular complexity index is 687. The highest BCUT2D eigenvalue weighted by Crippen LogP contribution is 2.11. The van der Waals surface area contributed by atoms with Crippen LogP contribution in [0.25, 0.3) is 5.69 Å². The number of furan rings is 1. The number of hydrogen-bond acceptors (Lipinski definition) is 3. The molecule has 0 saturated carbocycles. The number of para-hydroxylation sites is 1. The first-order valence-electron chi connectivity index (χ1n) is 6.23. The lowest BCUT2D eigenvalue weighted by molar-refractivity contribution is 0.0941. The first-order valence-corrected chi connectivity index (χ1v) is 6.23. The first-order chi connectivity index (χ1) is 9.84. The van der Waals surface area contributed by atoms with Gasteiger partial charge < -0.3 is 9.73 Å². The van der Waals surface area contributed by atoms with Crippen LogP contribution in [0.2, 0.25) is 0 Å². The molecule has 0 aliphatic heterocycles. The molecular formula is C15H13N3O2. The van der Waals surface area contributed by atoms with Gasteiger partial charge in [-0.1, -0.05) is 18.2 Å². The predicted octanol–water partition coefficient (Wildman–Crippen LogP) is 2.40. The predicted molar refractivity (Wildman–Crippen MR) is 73.4 cm³/mol. The summed E-state index contributed by atoms with van der Waals surface area (Å²) in [5.41, 5.74) is 1.39. The molecule has 1 N–H and O–H groups in total. The summed E-state index contributed by atoms with van der Waals surface area (Å²) in [5.74, 6) is 0.520. The fourth-order valence-corrected chi connectivity index (χ4v) is 1.93. The van der Waals surface area contributed by atoms with E-state index in [9.17, 15) is 4.79 Å². The summed E-state index contributed by atoms with van der Waals surface area (Å²) in [4.78, 5) is 16.2. The number of aromatic nitrogens is 2. The number of carbonyl (C=O) groups excluding carboxylic acids is 1. The van der Waals surface area contributed by atoms with Crippen molar-refractivity contribution >= 4 is 5.91 Å². The van der Waals surface area contributed by atoms with Crippen LogP contribution in [0.3, 0.4) is 0 Å². The number of nitrogens with one attached hydrogen (secondary N) is 1. The monoisotopic (exact) mass is 267 g/mol. The van der Waals surface area contributed by atoms with Gasteiger partial charge in [-0.2, -0.15) is 0 Å². The van der Waals surface area contributed by atoms with E-state index in [1.807, 2.05) is 36.4 Å². The Hall–Kier alpha value is -2.82. The van der Waals surface area contributed by atoms with Crippen LogP contribution in [-0.2, 0) is 6.54 Å². The van der Waals surface area contributed by atoms with Gasteiger partial charge in [0.25, 0.3) is 5.91 Å². The van der Waals surface area contributed by atoms with E-state index in [-0.39, 0.29) is 5.91 Å². The van der Waals surface area contributed by atoms with E-state index in [4.69, 9.17) is 4.42 Å². The molecule has 100 valence electrons. The Labute approximate surface area is 115 Å². The van der Waals surface area contributed by atoms with Crippen LogP contribution >= 0.6 is 0 Å². The Morgan fingerprint density at radius 3 is 2.80 bits per heavy atom. The summed E-state index contributed by atoms with van der Waals surface area (Å²) >= 11 is 0. The van der Waals surface area contributed by atoms with Crippen molar-refractivity contribution in [1.29, 1.82) is 0 Å². The molecule has 0 bridgehead atoms. The molecule has 1 aromatic carbocycles. The van der Waals surface area contributed by atoms with Gasteiger partial charge in [0.15, 0.2) is 0 Å². The number of benzene rings is 1. The molecule has 0 saturated heterocycles. The summed E-state index contributed by atoms with van der Waals surface area (Å²) in [7, 11) is 0. The number of hydrogen-bond donors (Lipinski definition) is 1. The standard InChI is InChI=1S/C15H13N3O2/c19-15(17-9-13-7-4-8-20-13)14-10-16-11-18(14)12-5-2-1-3-6-12/h1-8,10-11H,9H2,(H,17,19). The van der Waals surface area contributed by atoms with E-state index in [2.05, 4.69) is 10.3 Å². The molecule has 0 fully saturated rings. The van der Waals surface area contributed by atoms with Crippen LogP contribution in [0.1, 0.15) is 16.2 Å². The lowest BCUT2D eigenvalue weighted by Gasteiger charge is -2.07. The molecule has 0 unspecified atom stereocenters.